The van der Waals surface area contributed by atoms with Crippen molar-refractivity contribution in [2.45, 2.75) is 52.9 Å². The SMILES string of the molecule is CC(=O)N1CCC(C(=O)N2CCC[C@@H](Cc3cc(Nc4cc(C)[nH]n4)nc(C)n3)C2)CC1. The average Bonchev–Trinajstić information content (AvgIpc) is 3.17. The van der Waals surface area contributed by atoms with Gasteiger partial charge in [0.2, 0.25) is 11.8 Å². The molecule has 4 heterocycles. The molecule has 172 valence electrons. The Kier molecular flexibility index (Phi) is 6.72. The van der Waals surface area contributed by atoms with Crippen LogP contribution in [-0.4, -0.2) is 68.0 Å². The van der Waals surface area contributed by atoms with Crippen LogP contribution >= 0.6 is 0 Å². The Labute approximate surface area is 189 Å². The molecular weight excluding hydrogens is 406 g/mol. The maximum absolute atomic E-state index is 13.1. The van der Waals surface area contributed by atoms with Crippen LogP contribution in [0, 0.1) is 25.7 Å². The lowest BCUT2D eigenvalue weighted by Crippen LogP contribution is -2.47. The number of carbonyl (C=O) groups is 2. The number of likely N-dealkylation sites (tertiary alicyclic amines) is 2. The average molecular weight is 440 g/mol. The van der Waals surface area contributed by atoms with Crippen LogP contribution in [0.2, 0.25) is 0 Å². The fourth-order valence-electron chi connectivity index (χ4n) is 4.84. The molecular formula is C23H33N7O2. The number of aryl methyl sites for hydroxylation is 2. The summed E-state index contributed by atoms with van der Waals surface area (Å²) in [6.07, 6.45) is 4.48. The van der Waals surface area contributed by atoms with Gasteiger partial charge in [0.05, 0.1) is 0 Å². The first kappa shape index (κ1) is 22.2. The maximum atomic E-state index is 13.1. The van der Waals surface area contributed by atoms with E-state index in [1.54, 1.807) is 6.92 Å². The lowest BCUT2D eigenvalue weighted by Gasteiger charge is -2.37. The highest BCUT2D eigenvalue weighted by molar-refractivity contribution is 5.80. The highest BCUT2D eigenvalue weighted by atomic mass is 16.2. The summed E-state index contributed by atoms with van der Waals surface area (Å²) in [7, 11) is 0. The first-order valence-corrected chi connectivity index (χ1v) is 11.6. The zero-order valence-corrected chi connectivity index (χ0v) is 19.2. The molecule has 2 amide bonds. The Bertz CT molecular complexity index is 965. The minimum atomic E-state index is 0.0405. The van der Waals surface area contributed by atoms with E-state index >= 15 is 0 Å². The number of H-pyrrole nitrogens is 1. The fourth-order valence-corrected chi connectivity index (χ4v) is 4.84. The van der Waals surface area contributed by atoms with Gasteiger partial charge in [-0.25, -0.2) is 9.97 Å². The van der Waals surface area contributed by atoms with Gasteiger partial charge in [-0.05, 0) is 51.9 Å². The van der Waals surface area contributed by atoms with Gasteiger partial charge in [-0.2, -0.15) is 5.10 Å². The second-order valence-corrected chi connectivity index (χ2v) is 9.13. The number of nitrogens with zero attached hydrogens (tertiary/aromatic N) is 5. The Morgan fingerprint density at radius 1 is 1.06 bits per heavy atom. The Hall–Kier alpha value is -2.97. The summed E-state index contributed by atoms with van der Waals surface area (Å²) in [5.74, 6) is 2.98. The highest BCUT2D eigenvalue weighted by Gasteiger charge is 2.32. The Morgan fingerprint density at radius 2 is 1.84 bits per heavy atom. The van der Waals surface area contributed by atoms with E-state index in [2.05, 4.69) is 25.5 Å². The number of rotatable bonds is 5. The number of aromatic nitrogens is 4. The first-order valence-electron chi connectivity index (χ1n) is 11.6. The molecule has 2 fully saturated rings. The van der Waals surface area contributed by atoms with Crippen molar-refractivity contribution in [3.8, 4) is 0 Å². The summed E-state index contributed by atoms with van der Waals surface area (Å²) in [5, 5.41) is 10.4. The van der Waals surface area contributed by atoms with Gasteiger partial charge < -0.3 is 15.1 Å². The van der Waals surface area contributed by atoms with E-state index in [0.29, 0.717) is 19.0 Å². The molecule has 2 aromatic heterocycles. The third kappa shape index (κ3) is 5.44. The molecule has 0 unspecified atom stereocenters. The van der Waals surface area contributed by atoms with Crippen molar-refractivity contribution >= 4 is 23.5 Å². The lowest BCUT2D eigenvalue weighted by atomic mass is 9.90. The number of aromatic amines is 1. The van der Waals surface area contributed by atoms with E-state index in [-0.39, 0.29) is 17.7 Å². The molecule has 2 aliphatic heterocycles. The quantitative estimate of drug-likeness (QED) is 0.742. The molecule has 1 atom stereocenters. The topological polar surface area (TPSA) is 107 Å². The van der Waals surface area contributed by atoms with Crippen LogP contribution in [0.3, 0.4) is 0 Å². The van der Waals surface area contributed by atoms with Crippen LogP contribution in [0.4, 0.5) is 11.6 Å². The van der Waals surface area contributed by atoms with Gasteiger partial charge in [-0.1, -0.05) is 0 Å². The van der Waals surface area contributed by atoms with Gasteiger partial charge in [0.1, 0.15) is 11.6 Å². The zero-order chi connectivity index (χ0) is 22.7. The van der Waals surface area contributed by atoms with Crippen LogP contribution in [0.25, 0.3) is 0 Å². The standard InChI is InChI=1S/C23H33N7O2/c1-15-11-22(28-27-15)26-21-13-20(24-16(2)25-21)12-18-5-4-8-30(14-18)23(32)19-6-9-29(10-7-19)17(3)31/h11,13,18-19H,4-10,12,14H2,1-3H3,(H2,24,25,26,27,28)/t18-/m0/s1. The molecule has 2 aliphatic rings. The number of hydrogen-bond acceptors (Lipinski definition) is 6. The van der Waals surface area contributed by atoms with Crippen molar-refractivity contribution in [3.63, 3.8) is 0 Å². The van der Waals surface area contributed by atoms with Crippen molar-refractivity contribution < 1.29 is 9.59 Å². The van der Waals surface area contributed by atoms with Crippen molar-refractivity contribution in [2.75, 3.05) is 31.5 Å². The number of nitrogens with one attached hydrogen (secondary N) is 2. The minimum Gasteiger partial charge on any atom is -0.343 e. The van der Waals surface area contributed by atoms with Crippen LogP contribution < -0.4 is 5.32 Å². The molecule has 0 spiro atoms. The van der Waals surface area contributed by atoms with Gasteiger partial charge in [0.15, 0.2) is 5.82 Å². The Balaban J connectivity index is 1.35. The van der Waals surface area contributed by atoms with Gasteiger partial charge in [0, 0.05) is 62.5 Å². The summed E-state index contributed by atoms with van der Waals surface area (Å²) in [6.45, 7) is 8.44. The number of amides is 2. The highest BCUT2D eigenvalue weighted by Crippen LogP contribution is 2.26. The smallest absolute Gasteiger partial charge is 0.225 e. The van der Waals surface area contributed by atoms with Crippen molar-refractivity contribution in [2.24, 2.45) is 11.8 Å². The number of hydrogen-bond donors (Lipinski definition) is 2. The van der Waals surface area contributed by atoms with Gasteiger partial charge in [0.25, 0.3) is 0 Å². The van der Waals surface area contributed by atoms with Gasteiger partial charge >= 0.3 is 0 Å². The number of carbonyl (C=O) groups excluding carboxylic acids is 2. The van der Waals surface area contributed by atoms with Crippen molar-refractivity contribution in [1.29, 1.82) is 0 Å². The molecule has 0 radical (unpaired) electrons. The molecule has 32 heavy (non-hydrogen) atoms. The van der Waals surface area contributed by atoms with Crippen LogP contribution in [0.1, 0.15) is 49.8 Å². The molecule has 9 heteroatoms. The monoisotopic (exact) mass is 439 g/mol. The molecule has 4 rings (SSSR count). The summed E-state index contributed by atoms with van der Waals surface area (Å²) in [6, 6.07) is 3.91. The second kappa shape index (κ2) is 9.67. The summed E-state index contributed by atoms with van der Waals surface area (Å²) >= 11 is 0. The van der Waals surface area contributed by atoms with Crippen molar-refractivity contribution in [1.82, 2.24) is 30.0 Å². The number of anilines is 2. The van der Waals surface area contributed by atoms with Crippen molar-refractivity contribution in [3.05, 3.63) is 29.3 Å². The summed E-state index contributed by atoms with van der Waals surface area (Å²) in [5.41, 5.74) is 1.97. The summed E-state index contributed by atoms with van der Waals surface area (Å²) < 4.78 is 0. The fraction of sp³-hybridized carbons (Fsp3) is 0.609. The molecule has 0 aromatic carbocycles. The van der Waals surface area contributed by atoms with Gasteiger partial charge in [-0.15, -0.1) is 0 Å². The molecule has 2 aromatic rings. The largest absolute Gasteiger partial charge is 0.343 e. The normalized spacial score (nSPS) is 19.8. The second-order valence-electron chi connectivity index (χ2n) is 9.13. The van der Waals surface area contributed by atoms with E-state index in [1.807, 2.05) is 35.8 Å². The molecule has 9 nitrogen and oxygen atoms in total. The first-order chi connectivity index (χ1) is 15.4. The molecule has 0 saturated carbocycles. The predicted molar refractivity (Wildman–Crippen MR) is 121 cm³/mol. The van der Waals surface area contributed by atoms with E-state index in [4.69, 9.17) is 0 Å². The van der Waals surface area contributed by atoms with E-state index in [9.17, 15) is 9.59 Å². The molecule has 2 N–H and O–H groups in total. The van der Waals surface area contributed by atoms with Crippen LogP contribution in [0.15, 0.2) is 12.1 Å². The molecule has 0 aliphatic carbocycles. The van der Waals surface area contributed by atoms with Crippen LogP contribution in [-0.2, 0) is 16.0 Å². The number of piperidine rings is 2. The molecule has 0 bridgehead atoms. The van der Waals surface area contributed by atoms with Gasteiger partial charge in [-0.3, -0.25) is 14.7 Å². The van der Waals surface area contributed by atoms with E-state index < -0.39 is 0 Å². The Morgan fingerprint density at radius 3 is 2.53 bits per heavy atom. The minimum absolute atomic E-state index is 0.0405. The third-order valence-corrected chi connectivity index (χ3v) is 6.47. The van der Waals surface area contributed by atoms with Crippen LogP contribution in [0.5, 0.6) is 0 Å². The predicted octanol–water partition coefficient (Wildman–Crippen LogP) is 2.60. The van der Waals surface area contributed by atoms with E-state index in [1.165, 1.54) is 0 Å². The lowest BCUT2D eigenvalue weighted by molar-refractivity contribution is -0.141. The zero-order valence-electron chi connectivity index (χ0n) is 19.2. The third-order valence-electron chi connectivity index (χ3n) is 6.47. The summed E-state index contributed by atoms with van der Waals surface area (Å²) in [4.78, 5) is 37.7. The van der Waals surface area contributed by atoms with E-state index in [0.717, 1.165) is 74.0 Å². The molecule has 2 saturated heterocycles. The maximum Gasteiger partial charge on any atom is 0.225 e.